The molecule has 0 spiro atoms. The van der Waals surface area contributed by atoms with Gasteiger partial charge in [-0.3, -0.25) is 0 Å². The van der Waals surface area contributed by atoms with Crippen molar-refractivity contribution in [1.29, 1.82) is 0 Å². The van der Waals surface area contributed by atoms with E-state index in [1.165, 1.54) is 0 Å². The van der Waals surface area contributed by atoms with Crippen LogP contribution in [0.5, 0.6) is 0 Å². The van der Waals surface area contributed by atoms with Gasteiger partial charge in [-0.1, -0.05) is 0 Å². The van der Waals surface area contributed by atoms with Gasteiger partial charge in [-0.2, -0.15) is 0 Å². The number of rotatable bonds is 3. The molecule has 1 fully saturated rings. The van der Waals surface area contributed by atoms with Crippen LogP contribution >= 0.6 is 0 Å². The minimum atomic E-state index is -3.40. The summed E-state index contributed by atoms with van der Waals surface area (Å²) in [7, 11) is -3.40. The zero-order valence-electron chi connectivity index (χ0n) is 9.03. The number of nitrogens with one attached hydrogen (secondary N) is 2. The highest BCUT2D eigenvalue weighted by molar-refractivity contribution is 7.90. The van der Waals surface area contributed by atoms with Gasteiger partial charge in [0.05, 0.1) is 5.25 Å². The van der Waals surface area contributed by atoms with Crippen LogP contribution in [0.15, 0.2) is 0 Å². The van der Waals surface area contributed by atoms with Gasteiger partial charge in [0.1, 0.15) is 5.60 Å². The van der Waals surface area contributed by atoms with E-state index in [1.54, 1.807) is 20.8 Å². The van der Waals surface area contributed by atoms with E-state index < -0.39 is 21.7 Å². The van der Waals surface area contributed by atoms with Crippen molar-refractivity contribution in [2.45, 2.75) is 44.5 Å². The molecule has 0 atom stereocenters. The first-order valence-electron chi connectivity index (χ1n) is 4.70. The molecule has 0 aromatic carbocycles. The molecule has 1 aliphatic carbocycles. The number of carbonyl (C=O) groups is 1. The highest BCUT2D eigenvalue weighted by atomic mass is 32.2. The molecule has 0 aromatic heterocycles. The first-order valence-corrected chi connectivity index (χ1v) is 6.25. The van der Waals surface area contributed by atoms with Crippen LogP contribution in [-0.2, 0) is 14.8 Å². The van der Waals surface area contributed by atoms with E-state index in [0.717, 1.165) is 0 Å². The SMILES string of the molecule is CC(C)(C)OC(=O)NNS(=O)(=O)C1CC1. The van der Waals surface area contributed by atoms with Crippen molar-refractivity contribution in [3.05, 3.63) is 0 Å². The first-order chi connectivity index (χ1) is 6.71. The van der Waals surface area contributed by atoms with E-state index in [4.69, 9.17) is 4.74 Å². The lowest BCUT2D eigenvalue weighted by atomic mass is 10.2. The molecule has 88 valence electrons. The Kier molecular flexibility index (Phi) is 3.25. The Morgan fingerprint density at radius 3 is 2.27 bits per heavy atom. The third kappa shape index (κ3) is 4.48. The van der Waals surface area contributed by atoms with Gasteiger partial charge < -0.3 is 4.74 Å². The summed E-state index contributed by atoms with van der Waals surface area (Å²) in [5.41, 5.74) is 1.36. The second-order valence-electron chi connectivity index (χ2n) is 4.47. The molecule has 0 aliphatic heterocycles. The van der Waals surface area contributed by atoms with Gasteiger partial charge in [-0.05, 0) is 33.6 Å². The van der Waals surface area contributed by atoms with Crippen molar-refractivity contribution >= 4 is 16.1 Å². The molecule has 0 aromatic rings. The second-order valence-corrected chi connectivity index (χ2v) is 6.43. The van der Waals surface area contributed by atoms with Crippen LogP contribution in [0, 0.1) is 0 Å². The maximum absolute atomic E-state index is 11.3. The number of carbonyl (C=O) groups excluding carboxylic acids is 1. The summed E-state index contributed by atoms with van der Waals surface area (Å²) in [5.74, 6) is 0. The van der Waals surface area contributed by atoms with Crippen LogP contribution < -0.4 is 10.3 Å². The lowest BCUT2D eigenvalue weighted by molar-refractivity contribution is 0.0515. The van der Waals surface area contributed by atoms with E-state index in [-0.39, 0.29) is 5.25 Å². The molecule has 0 unspecified atom stereocenters. The third-order valence-corrected chi connectivity index (χ3v) is 3.39. The van der Waals surface area contributed by atoms with Crippen molar-refractivity contribution < 1.29 is 17.9 Å². The Morgan fingerprint density at radius 2 is 1.87 bits per heavy atom. The molecule has 1 amide bonds. The van der Waals surface area contributed by atoms with E-state index >= 15 is 0 Å². The fourth-order valence-corrected chi connectivity index (χ4v) is 2.03. The molecule has 0 radical (unpaired) electrons. The van der Waals surface area contributed by atoms with Crippen LogP contribution in [0.1, 0.15) is 33.6 Å². The number of amides is 1. The van der Waals surface area contributed by atoms with Gasteiger partial charge in [0.2, 0.25) is 10.0 Å². The minimum absolute atomic E-state index is 0.368. The van der Waals surface area contributed by atoms with Crippen LogP contribution in [-0.4, -0.2) is 25.4 Å². The fourth-order valence-electron chi connectivity index (χ4n) is 0.878. The van der Waals surface area contributed by atoms with Crippen LogP contribution in [0.4, 0.5) is 4.79 Å². The Hall–Kier alpha value is -0.820. The van der Waals surface area contributed by atoms with Crippen molar-refractivity contribution in [3.63, 3.8) is 0 Å². The summed E-state index contributed by atoms with van der Waals surface area (Å²) in [5, 5.41) is -0.368. The summed E-state index contributed by atoms with van der Waals surface area (Å²) in [6, 6.07) is 0. The van der Waals surface area contributed by atoms with E-state index in [2.05, 4.69) is 0 Å². The molecular formula is C8H16N2O4S. The Labute approximate surface area is 89.4 Å². The zero-order valence-corrected chi connectivity index (χ0v) is 9.85. The maximum atomic E-state index is 11.3. The summed E-state index contributed by atoms with van der Waals surface area (Å²) in [4.78, 5) is 13.1. The number of ether oxygens (including phenoxy) is 1. The van der Waals surface area contributed by atoms with Crippen LogP contribution in [0.2, 0.25) is 0 Å². The number of sulfonamides is 1. The Bertz CT molecular complexity index is 340. The quantitative estimate of drug-likeness (QED) is 0.699. The van der Waals surface area contributed by atoms with Crippen molar-refractivity contribution in [2.24, 2.45) is 0 Å². The third-order valence-electron chi connectivity index (χ3n) is 1.66. The average Bonchev–Trinajstić information content (AvgIpc) is 2.79. The van der Waals surface area contributed by atoms with Crippen molar-refractivity contribution in [3.8, 4) is 0 Å². The number of hydrazine groups is 1. The van der Waals surface area contributed by atoms with Crippen molar-refractivity contribution in [1.82, 2.24) is 10.3 Å². The highest BCUT2D eigenvalue weighted by Crippen LogP contribution is 2.26. The standard InChI is InChI=1S/C8H16N2O4S/c1-8(2,3)14-7(11)9-10-15(12,13)6-4-5-6/h6,10H,4-5H2,1-3H3,(H,9,11). The number of hydrogen-bond acceptors (Lipinski definition) is 4. The monoisotopic (exact) mass is 236 g/mol. The van der Waals surface area contributed by atoms with Crippen LogP contribution in [0.3, 0.4) is 0 Å². The Balaban J connectivity index is 2.34. The van der Waals surface area contributed by atoms with E-state index in [9.17, 15) is 13.2 Å². The van der Waals surface area contributed by atoms with Gasteiger partial charge in [0.15, 0.2) is 0 Å². The summed E-state index contributed by atoms with van der Waals surface area (Å²) in [6.45, 7) is 5.09. The zero-order chi connectivity index (χ0) is 11.7. The molecule has 1 saturated carbocycles. The molecule has 0 saturated heterocycles. The molecule has 6 nitrogen and oxygen atoms in total. The summed E-state index contributed by atoms with van der Waals surface area (Å²) >= 11 is 0. The van der Waals surface area contributed by atoms with Gasteiger partial charge >= 0.3 is 6.09 Å². The van der Waals surface area contributed by atoms with Gasteiger partial charge in [0.25, 0.3) is 0 Å². The predicted molar refractivity (Wildman–Crippen MR) is 54.4 cm³/mol. The largest absolute Gasteiger partial charge is 0.443 e. The molecule has 1 aliphatic rings. The maximum Gasteiger partial charge on any atom is 0.422 e. The average molecular weight is 236 g/mol. The lowest BCUT2D eigenvalue weighted by Gasteiger charge is -2.19. The molecule has 0 bridgehead atoms. The van der Waals surface area contributed by atoms with E-state index in [1.807, 2.05) is 10.3 Å². The molecule has 15 heavy (non-hydrogen) atoms. The molecule has 2 N–H and O–H groups in total. The van der Waals surface area contributed by atoms with Gasteiger partial charge in [-0.15, -0.1) is 4.83 Å². The van der Waals surface area contributed by atoms with Gasteiger partial charge in [0, 0.05) is 0 Å². The van der Waals surface area contributed by atoms with Crippen LogP contribution in [0.25, 0.3) is 0 Å². The topological polar surface area (TPSA) is 84.5 Å². The van der Waals surface area contributed by atoms with Crippen molar-refractivity contribution in [2.75, 3.05) is 0 Å². The Morgan fingerprint density at radius 1 is 1.33 bits per heavy atom. The normalized spacial score (nSPS) is 17.3. The van der Waals surface area contributed by atoms with Gasteiger partial charge in [-0.25, -0.2) is 18.6 Å². The molecular weight excluding hydrogens is 220 g/mol. The number of hydrogen-bond donors (Lipinski definition) is 2. The second kappa shape index (κ2) is 3.97. The fraction of sp³-hybridized carbons (Fsp3) is 0.875. The molecule has 0 heterocycles. The molecule has 1 rings (SSSR count). The highest BCUT2D eigenvalue weighted by Gasteiger charge is 2.36. The molecule has 7 heteroatoms. The summed E-state index contributed by atoms with van der Waals surface area (Å²) < 4.78 is 27.4. The van der Waals surface area contributed by atoms with E-state index in [0.29, 0.717) is 12.8 Å². The smallest absolute Gasteiger partial charge is 0.422 e. The summed E-state index contributed by atoms with van der Waals surface area (Å²) in [6.07, 6.45) is 0.489. The lowest BCUT2D eigenvalue weighted by Crippen LogP contribution is -2.45. The predicted octanol–water partition coefficient (Wildman–Crippen LogP) is 0.508. The minimum Gasteiger partial charge on any atom is -0.443 e. The first kappa shape index (κ1) is 12.3.